The molecule has 0 aliphatic rings. The molecule has 26 heavy (non-hydrogen) atoms. The average Bonchev–Trinajstić information content (AvgIpc) is 3.18. The first-order chi connectivity index (χ1) is 12.6. The van der Waals surface area contributed by atoms with E-state index in [1.54, 1.807) is 22.7 Å². The molecule has 0 amide bonds. The van der Waals surface area contributed by atoms with Gasteiger partial charge in [0.25, 0.3) is 0 Å². The Labute approximate surface area is 170 Å². The fraction of sp³-hybridized carbons (Fsp3) is 0.263. The molecule has 0 saturated heterocycles. The smallest absolute Gasteiger partial charge is 0.163 e. The average molecular weight is 418 g/mol. The minimum Gasteiger partial charge on any atom is -0.367 e. The summed E-state index contributed by atoms with van der Waals surface area (Å²) < 4.78 is 6.64. The third kappa shape index (κ3) is 3.67. The lowest BCUT2D eigenvalue weighted by atomic mass is 10.3. The molecule has 2 aromatic carbocycles. The third-order valence-electron chi connectivity index (χ3n) is 4.26. The highest BCUT2D eigenvalue weighted by molar-refractivity contribution is 8.01. The van der Waals surface area contributed by atoms with Crippen LogP contribution in [0, 0.1) is 3.95 Å². The molecule has 0 radical (unpaired) electrons. The number of hydrogen-bond acceptors (Lipinski definition) is 6. The number of benzene rings is 2. The van der Waals surface area contributed by atoms with E-state index in [9.17, 15) is 0 Å². The van der Waals surface area contributed by atoms with Crippen LogP contribution in [0.25, 0.3) is 20.4 Å². The molecule has 0 aliphatic heterocycles. The number of nitrogens with one attached hydrogen (secondary N) is 1. The topological polar surface area (TPSA) is 29.9 Å². The van der Waals surface area contributed by atoms with Gasteiger partial charge in [-0.1, -0.05) is 37.7 Å². The van der Waals surface area contributed by atoms with E-state index in [-0.39, 0.29) is 0 Å². The number of hydrogen-bond donors (Lipinski definition) is 1. The zero-order valence-corrected chi connectivity index (χ0v) is 17.8. The summed E-state index contributed by atoms with van der Waals surface area (Å²) in [6, 6.07) is 14.7. The van der Waals surface area contributed by atoms with Gasteiger partial charge in [-0.3, -0.25) is 0 Å². The predicted octanol–water partition coefficient (Wildman–Crippen LogP) is 7.00. The molecule has 1 unspecified atom stereocenters. The fourth-order valence-corrected chi connectivity index (χ4v) is 6.33. The first-order valence-corrected chi connectivity index (χ1v) is 11.5. The van der Waals surface area contributed by atoms with Crippen LogP contribution in [0.5, 0.6) is 0 Å². The van der Waals surface area contributed by atoms with E-state index in [2.05, 4.69) is 66.2 Å². The Morgan fingerprint density at radius 3 is 2.88 bits per heavy atom. The molecule has 4 rings (SSSR count). The van der Waals surface area contributed by atoms with Gasteiger partial charge in [0.1, 0.15) is 0 Å². The van der Waals surface area contributed by atoms with Crippen molar-refractivity contribution in [1.82, 2.24) is 9.55 Å². The van der Waals surface area contributed by atoms with Crippen LogP contribution in [0.2, 0.25) is 0 Å². The van der Waals surface area contributed by atoms with Crippen LogP contribution in [0.15, 0.2) is 46.8 Å². The third-order valence-corrected chi connectivity index (χ3v) is 8.07. The molecule has 0 saturated carbocycles. The number of thioether (sulfide) groups is 1. The lowest BCUT2D eigenvalue weighted by molar-refractivity contribution is 0.808. The van der Waals surface area contributed by atoms with E-state index >= 15 is 0 Å². The molecule has 2 aromatic heterocycles. The van der Waals surface area contributed by atoms with E-state index in [0.717, 1.165) is 25.9 Å². The maximum Gasteiger partial charge on any atom is 0.163 e. The minimum absolute atomic E-state index is 0.599. The van der Waals surface area contributed by atoms with Crippen molar-refractivity contribution in [3.63, 3.8) is 0 Å². The number of nitrogens with zero attached hydrogens (tertiary/aromatic N) is 2. The predicted molar refractivity (Wildman–Crippen MR) is 120 cm³/mol. The number of rotatable bonds is 6. The van der Waals surface area contributed by atoms with Crippen LogP contribution < -0.4 is 5.32 Å². The summed E-state index contributed by atoms with van der Waals surface area (Å²) >= 11 is 10.8. The van der Waals surface area contributed by atoms with Gasteiger partial charge in [-0.05, 0) is 49.0 Å². The van der Waals surface area contributed by atoms with Gasteiger partial charge in [0.15, 0.2) is 8.29 Å². The van der Waals surface area contributed by atoms with Crippen molar-refractivity contribution in [2.24, 2.45) is 0 Å². The summed E-state index contributed by atoms with van der Waals surface area (Å²) in [5.41, 5.74) is 3.35. The normalized spacial score (nSPS) is 12.7. The van der Waals surface area contributed by atoms with Crippen LogP contribution in [0.3, 0.4) is 0 Å². The van der Waals surface area contributed by atoms with Crippen molar-refractivity contribution in [2.45, 2.75) is 36.5 Å². The van der Waals surface area contributed by atoms with E-state index in [4.69, 9.17) is 17.2 Å². The molecule has 0 fully saturated rings. The summed E-state index contributed by atoms with van der Waals surface area (Å²) in [7, 11) is 0. The van der Waals surface area contributed by atoms with Gasteiger partial charge in [0.2, 0.25) is 0 Å². The molecule has 7 heteroatoms. The second-order valence-electron chi connectivity index (χ2n) is 6.10. The molecule has 134 valence electrons. The lowest BCUT2D eigenvalue weighted by Crippen LogP contribution is -2.07. The van der Waals surface area contributed by atoms with E-state index < -0.39 is 0 Å². The van der Waals surface area contributed by atoms with E-state index in [0.29, 0.717) is 11.9 Å². The van der Waals surface area contributed by atoms with Crippen LogP contribution in [0.4, 0.5) is 5.69 Å². The monoisotopic (exact) mass is 417 g/mol. The largest absolute Gasteiger partial charge is 0.367 e. The lowest BCUT2D eigenvalue weighted by Gasteiger charge is -2.08. The Morgan fingerprint density at radius 1 is 1.19 bits per heavy atom. The highest BCUT2D eigenvalue weighted by Crippen LogP contribution is 2.34. The van der Waals surface area contributed by atoms with Crippen LogP contribution in [-0.4, -0.2) is 14.8 Å². The van der Waals surface area contributed by atoms with Crippen molar-refractivity contribution in [3.05, 3.63) is 46.4 Å². The molecule has 1 atom stereocenters. The fourth-order valence-electron chi connectivity index (χ4n) is 2.65. The van der Waals surface area contributed by atoms with Crippen molar-refractivity contribution in [3.8, 4) is 0 Å². The molecule has 3 nitrogen and oxygen atoms in total. The second-order valence-corrected chi connectivity index (χ2v) is 10.5. The summed E-state index contributed by atoms with van der Waals surface area (Å²) in [5.74, 6) is 0. The van der Waals surface area contributed by atoms with Crippen molar-refractivity contribution in [2.75, 3.05) is 5.32 Å². The number of anilines is 1. The molecule has 2 heterocycles. The quantitative estimate of drug-likeness (QED) is 0.270. The molecule has 4 aromatic rings. The highest BCUT2D eigenvalue weighted by atomic mass is 32.2. The van der Waals surface area contributed by atoms with Gasteiger partial charge < -0.3 is 9.88 Å². The first-order valence-electron chi connectivity index (χ1n) is 8.53. The van der Waals surface area contributed by atoms with Gasteiger partial charge in [0.05, 0.1) is 27.1 Å². The Bertz CT molecular complexity index is 1110. The standard InChI is InChI=1S/C19H19N3S4/c1-3-12(2)24-18-21-14-9-8-13(10-17(14)25-18)20-11-22-15-6-4-5-7-16(15)26-19(22)23/h4-10,12,20H,3,11H2,1-2H3. The Balaban J connectivity index is 1.55. The number of aromatic nitrogens is 2. The summed E-state index contributed by atoms with van der Waals surface area (Å²) in [6.07, 6.45) is 1.16. The van der Waals surface area contributed by atoms with Crippen LogP contribution in [0.1, 0.15) is 20.3 Å². The number of para-hydroxylation sites is 1. The van der Waals surface area contributed by atoms with Crippen molar-refractivity contribution >= 4 is 72.8 Å². The zero-order chi connectivity index (χ0) is 18.1. The highest BCUT2D eigenvalue weighted by Gasteiger charge is 2.09. The molecule has 0 bridgehead atoms. The molecular weight excluding hydrogens is 398 g/mol. The van der Waals surface area contributed by atoms with Crippen molar-refractivity contribution in [1.29, 1.82) is 0 Å². The summed E-state index contributed by atoms with van der Waals surface area (Å²) in [4.78, 5) is 4.74. The van der Waals surface area contributed by atoms with Gasteiger partial charge in [-0.25, -0.2) is 4.98 Å². The van der Waals surface area contributed by atoms with E-state index in [1.165, 1.54) is 14.9 Å². The number of thiazole rings is 2. The summed E-state index contributed by atoms with van der Waals surface area (Å²) in [5, 5.41) is 4.11. The maximum absolute atomic E-state index is 5.53. The van der Waals surface area contributed by atoms with Crippen LogP contribution in [-0.2, 0) is 6.67 Å². The molecule has 0 spiro atoms. The molecule has 1 N–H and O–H groups in total. The Morgan fingerprint density at radius 2 is 2.04 bits per heavy atom. The summed E-state index contributed by atoms with van der Waals surface area (Å²) in [6.45, 7) is 5.13. The first kappa shape index (κ1) is 18.0. The Hall–Kier alpha value is -1.41. The minimum atomic E-state index is 0.599. The Kier molecular flexibility index (Phi) is 5.31. The van der Waals surface area contributed by atoms with Crippen molar-refractivity contribution < 1.29 is 0 Å². The van der Waals surface area contributed by atoms with Gasteiger partial charge in [-0.2, -0.15) is 0 Å². The van der Waals surface area contributed by atoms with Gasteiger partial charge in [0, 0.05) is 10.9 Å². The second kappa shape index (κ2) is 7.68. The van der Waals surface area contributed by atoms with Gasteiger partial charge >= 0.3 is 0 Å². The maximum atomic E-state index is 5.53. The molecule has 0 aliphatic carbocycles. The van der Waals surface area contributed by atoms with Gasteiger partial charge in [-0.15, -0.1) is 22.7 Å². The SMILES string of the molecule is CCC(C)Sc1nc2ccc(NCn3c(=S)sc4ccccc43)cc2s1. The van der Waals surface area contributed by atoms with Crippen LogP contribution >= 0.6 is 46.7 Å². The zero-order valence-electron chi connectivity index (χ0n) is 14.6. The van der Waals surface area contributed by atoms with E-state index in [1.807, 2.05) is 11.8 Å². The number of fused-ring (bicyclic) bond motifs is 2. The molecular formula is C19H19N3S4.